The number of ether oxygens (including phenoxy) is 1. The van der Waals surface area contributed by atoms with Crippen LogP contribution in [0.3, 0.4) is 0 Å². The second-order valence-electron chi connectivity index (χ2n) is 5.73. The summed E-state index contributed by atoms with van der Waals surface area (Å²) < 4.78 is 5.53. The Balaban J connectivity index is 2.11. The average Bonchev–Trinajstić information content (AvgIpc) is 2.47. The van der Waals surface area contributed by atoms with Gasteiger partial charge in [0.25, 0.3) is 0 Å². The van der Waals surface area contributed by atoms with Gasteiger partial charge in [0.1, 0.15) is 17.5 Å². The van der Waals surface area contributed by atoms with Crippen molar-refractivity contribution < 1.29 is 4.74 Å². The molecule has 2 rings (SSSR count). The topological polar surface area (TPSA) is 76.3 Å². The summed E-state index contributed by atoms with van der Waals surface area (Å²) >= 11 is 0. The zero-order valence-corrected chi connectivity index (χ0v) is 12.6. The fraction of sp³-hybridized carbons (Fsp3) is 0.714. The smallest absolute Gasteiger partial charge is 0.145 e. The molecule has 3 N–H and O–H groups in total. The minimum absolute atomic E-state index is 0.272. The van der Waals surface area contributed by atoms with Crippen molar-refractivity contribution in [1.82, 2.24) is 9.97 Å². The standard InChI is InChI=1S/C14H25N5O/c1-10(2)14-16-12(18-15)7-13(17-14)19(3)8-11-5-4-6-20-9-11/h7,10-11H,4-6,8-9,15H2,1-3H3,(H,16,17,18). The van der Waals surface area contributed by atoms with Crippen molar-refractivity contribution in [2.24, 2.45) is 11.8 Å². The molecule has 2 heterocycles. The van der Waals surface area contributed by atoms with Crippen molar-refractivity contribution in [3.63, 3.8) is 0 Å². The molecule has 1 aromatic rings. The fourth-order valence-corrected chi connectivity index (χ4v) is 2.41. The maximum absolute atomic E-state index is 5.53. The third-order valence-corrected chi connectivity index (χ3v) is 3.57. The summed E-state index contributed by atoms with van der Waals surface area (Å²) in [5.74, 6) is 8.71. The van der Waals surface area contributed by atoms with Gasteiger partial charge in [-0.3, -0.25) is 0 Å². The molecule has 6 nitrogen and oxygen atoms in total. The Morgan fingerprint density at radius 1 is 1.50 bits per heavy atom. The second-order valence-corrected chi connectivity index (χ2v) is 5.73. The molecule has 0 bridgehead atoms. The molecule has 1 unspecified atom stereocenters. The predicted octanol–water partition coefficient (Wildman–Crippen LogP) is 1.75. The van der Waals surface area contributed by atoms with Crippen LogP contribution in [0.2, 0.25) is 0 Å². The van der Waals surface area contributed by atoms with E-state index in [-0.39, 0.29) is 5.92 Å². The van der Waals surface area contributed by atoms with Gasteiger partial charge in [0.15, 0.2) is 0 Å². The number of nitrogens with zero attached hydrogens (tertiary/aromatic N) is 3. The molecule has 1 fully saturated rings. The summed E-state index contributed by atoms with van der Waals surface area (Å²) in [7, 11) is 2.06. The Morgan fingerprint density at radius 3 is 2.90 bits per heavy atom. The molecule has 6 heteroatoms. The molecule has 0 aliphatic carbocycles. The zero-order chi connectivity index (χ0) is 14.5. The quantitative estimate of drug-likeness (QED) is 0.631. The van der Waals surface area contributed by atoms with Crippen LogP contribution in [0.4, 0.5) is 11.6 Å². The van der Waals surface area contributed by atoms with Crippen LogP contribution < -0.4 is 16.2 Å². The van der Waals surface area contributed by atoms with Gasteiger partial charge in [-0.2, -0.15) is 0 Å². The molecular weight excluding hydrogens is 254 g/mol. The molecule has 20 heavy (non-hydrogen) atoms. The van der Waals surface area contributed by atoms with Crippen LogP contribution in [-0.2, 0) is 4.74 Å². The van der Waals surface area contributed by atoms with Crippen LogP contribution in [0.15, 0.2) is 6.07 Å². The lowest BCUT2D eigenvalue weighted by Crippen LogP contribution is -2.31. The monoisotopic (exact) mass is 279 g/mol. The number of hydrogen-bond acceptors (Lipinski definition) is 6. The van der Waals surface area contributed by atoms with Gasteiger partial charge in [-0.25, -0.2) is 15.8 Å². The normalized spacial score (nSPS) is 19.1. The lowest BCUT2D eigenvalue weighted by molar-refractivity contribution is 0.0576. The minimum Gasteiger partial charge on any atom is -0.381 e. The second kappa shape index (κ2) is 6.85. The summed E-state index contributed by atoms with van der Waals surface area (Å²) in [6, 6.07) is 1.88. The lowest BCUT2D eigenvalue weighted by Gasteiger charge is -2.28. The van der Waals surface area contributed by atoms with Crippen LogP contribution in [0.5, 0.6) is 0 Å². The predicted molar refractivity (Wildman–Crippen MR) is 80.7 cm³/mol. The van der Waals surface area contributed by atoms with Crippen LogP contribution in [-0.4, -0.2) is 36.8 Å². The molecule has 1 saturated heterocycles. The summed E-state index contributed by atoms with van der Waals surface area (Å²) in [4.78, 5) is 11.2. The number of nitrogen functional groups attached to an aromatic ring is 1. The molecule has 1 aromatic heterocycles. The van der Waals surface area contributed by atoms with Crippen molar-refractivity contribution in [2.45, 2.75) is 32.6 Å². The van der Waals surface area contributed by atoms with E-state index in [0.717, 1.165) is 37.8 Å². The van der Waals surface area contributed by atoms with Gasteiger partial charge in [0.2, 0.25) is 0 Å². The SMILES string of the molecule is CC(C)c1nc(NN)cc(N(C)CC2CCCOC2)n1. The Kier molecular flexibility index (Phi) is 5.14. The van der Waals surface area contributed by atoms with Crippen LogP contribution in [0, 0.1) is 5.92 Å². The molecular formula is C14H25N5O. The third kappa shape index (κ3) is 3.80. The van der Waals surface area contributed by atoms with Gasteiger partial charge in [-0.1, -0.05) is 13.8 Å². The highest BCUT2D eigenvalue weighted by Gasteiger charge is 2.18. The van der Waals surface area contributed by atoms with Gasteiger partial charge in [0.05, 0.1) is 6.61 Å². The fourth-order valence-electron chi connectivity index (χ4n) is 2.41. The molecule has 0 aromatic carbocycles. The number of anilines is 2. The van der Waals surface area contributed by atoms with Crippen LogP contribution >= 0.6 is 0 Å². The van der Waals surface area contributed by atoms with Crippen molar-refractivity contribution in [3.05, 3.63) is 11.9 Å². The zero-order valence-electron chi connectivity index (χ0n) is 12.6. The van der Waals surface area contributed by atoms with Gasteiger partial charge >= 0.3 is 0 Å². The number of hydrazine groups is 1. The number of nitrogens with one attached hydrogen (secondary N) is 1. The first-order valence-electron chi connectivity index (χ1n) is 7.24. The van der Waals surface area contributed by atoms with Gasteiger partial charge in [-0.15, -0.1) is 0 Å². The molecule has 0 saturated carbocycles. The maximum Gasteiger partial charge on any atom is 0.145 e. The summed E-state index contributed by atoms with van der Waals surface area (Å²) in [6.07, 6.45) is 2.36. The van der Waals surface area contributed by atoms with Crippen LogP contribution in [0.25, 0.3) is 0 Å². The molecule has 1 atom stereocenters. The van der Waals surface area contributed by atoms with Crippen molar-refractivity contribution >= 4 is 11.6 Å². The summed E-state index contributed by atoms with van der Waals surface area (Å²) in [5, 5.41) is 0. The van der Waals surface area contributed by atoms with E-state index in [9.17, 15) is 0 Å². The van der Waals surface area contributed by atoms with Crippen LogP contribution in [0.1, 0.15) is 38.4 Å². The third-order valence-electron chi connectivity index (χ3n) is 3.57. The Morgan fingerprint density at radius 2 is 2.30 bits per heavy atom. The first-order valence-corrected chi connectivity index (χ1v) is 7.24. The summed E-state index contributed by atoms with van der Waals surface area (Å²) in [5.41, 5.74) is 2.62. The van der Waals surface area contributed by atoms with E-state index in [1.54, 1.807) is 0 Å². The molecule has 0 amide bonds. The number of hydrogen-bond donors (Lipinski definition) is 2. The van der Waals surface area contributed by atoms with E-state index < -0.39 is 0 Å². The first-order chi connectivity index (χ1) is 9.60. The van der Waals surface area contributed by atoms with Gasteiger partial charge < -0.3 is 15.1 Å². The first kappa shape index (κ1) is 15.0. The van der Waals surface area contributed by atoms with E-state index in [1.165, 1.54) is 6.42 Å². The molecule has 112 valence electrons. The Hall–Kier alpha value is -1.40. The largest absolute Gasteiger partial charge is 0.381 e. The van der Waals surface area contributed by atoms with Gasteiger partial charge in [0, 0.05) is 32.2 Å². The van der Waals surface area contributed by atoms with E-state index in [4.69, 9.17) is 10.6 Å². The van der Waals surface area contributed by atoms with E-state index >= 15 is 0 Å². The number of rotatable bonds is 5. The van der Waals surface area contributed by atoms with Crippen molar-refractivity contribution in [2.75, 3.05) is 37.1 Å². The van der Waals surface area contributed by atoms with E-state index in [2.05, 4.69) is 41.2 Å². The summed E-state index contributed by atoms with van der Waals surface area (Å²) in [6.45, 7) is 6.84. The van der Waals surface area contributed by atoms with Crippen molar-refractivity contribution in [1.29, 1.82) is 0 Å². The Labute approximate surface area is 120 Å². The minimum atomic E-state index is 0.272. The number of nitrogens with two attached hydrogens (primary N) is 1. The molecule has 1 aliphatic heterocycles. The van der Waals surface area contributed by atoms with E-state index in [1.807, 2.05) is 6.07 Å². The lowest BCUT2D eigenvalue weighted by atomic mass is 10.0. The highest BCUT2D eigenvalue weighted by molar-refractivity contribution is 5.48. The molecule has 1 aliphatic rings. The average molecular weight is 279 g/mol. The Bertz CT molecular complexity index is 432. The van der Waals surface area contributed by atoms with Gasteiger partial charge in [-0.05, 0) is 18.8 Å². The van der Waals surface area contributed by atoms with E-state index in [0.29, 0.717) is 11.7 Å². The molecule has 0 spiro atoms. The van der Waals surface area contributed by atoms with Crippen molar-refractivity contribution in [3.8, 4) is 0 Å². The number of aromatic nitrogens is 2. The highest BCUT2D eigenvalue weighted by atomic mass is 16.5. The maximum atomic E-state index is 5.53. The highest BCUT2D eigenvalue weighted by Crippen LogP contribution is 2.21. The molecule has 0 radical (unpaired) electrons.